The number of nitrogens with one attached hydrogen (secondary N) is 1. The standard InChI is InChI=1S/C18H16ClN3O4/c1-24-14-8-7-11(9-15(14)25-2)18(23)20-10-16-21-17(22-26-16)12-5-3-4-6-13(12)19/h3-9H,10H2,1-2H3,(H,20,23). The van der Waals surface area contributed by atoms with Crippen LogP contribution in [-0.4, -0.2) is 30.3 Å². The number of amides is 1. The van der Waals surface area contributed by atoms with E-state index in [-0.39, 0.29) is 18.3 Å². The Bertz CT molecular complexity index is 926. The van der Waals surface area contributed by atoms with Crippen LogP contribution in [0.15, 0.2) is 47.0 Å². The molecule has 0 aliphatic carbocycles. The number of rotatable bonds is 6. The molecule has 0 aliphatic heterocycles. The second kappa shape index (κ2) is 7.88. The maximum absolute atomic E-state index is 12.3. The fraction of sp³-hybridized carbons (Fsp3) is 0.167. The molecule has 0 fully saturated rings. The van der Waals surface area contributed by atoms with Gasteiger partial charge in [0.15, 0.2) is 11.5 Å². The molecule has 134 valence electrons. The molecule has 2 aromatic carbocycles. The van der Waals surface area contributed by atoms with Crippen molar-refractivity contribution in [2.75, 3.05) is 14.2 Å². The number of benzene rings is 2. The molecule has 0 bridgehead atoms. The minimum absolute atomic E-state index is 0.0879. The maximum atomic E-state index is 12.3. The molecule has 3 aromatic rings. The van der Waals surface area contributed by atoms with Crippen LogP contribution in [-0.2, 0) is 6.54 Å². The molecule has 3 rings (SSSR count). The van der Waals surface area contributed by atoms with E-state index in [0.717, 1.165) is 0 Å². The lowest BCUT2D eigenvalue weighted by Crippen LogP contribution is -2.23. The van der Waals surface area contributed by atoms with E-state index in [1.165, 1.54) is 14.2 Å². The minimum Gasteiger partial charge on any atom is -0.493 e. The van der Waals surface area contributed by atoms with Gasteiger partial charge in [-0.25, -0.2) is 0 Å². The smallest absolute Gasteiger partial charge is 0.251 e. The van der Waals surface area contributed by atoms with Crippen molar-refractivity contribution in [3.05, 3.63) is 58.9 Å². The first-order valence-corrected chi connectivity index (χ1v) is 8.08. The highest BCUT2D eigenvalue weighted by molar-refractivity contribution is 6.33. The third kappa shape index (κ3) is 3.78. The summed E-state index contributed by atoms with van der Waals surface area (Å²) in [5, 5.41) is 7.13. The van der Waals surface area contributed by atoms with Crippen LogP contribution in [0.3, 0.4) is 0 Å². The van der Waals surface area contributed by atoms with Crippen molar-refractivity contribution >= 4 is 17.5 Å². The van der Waals surface area contributed by atoms with E-state index >= 15 is 0 Å². The van der Waals surface area contributed by atoms with Crippen LogP contribution in [0.5, 0.6) is 11.5 Å². The molecule has 1 amide bonds. The average Bonchev–Trinajstić information content (AvgIpc) is 3.14. The van der Waals surface area contributed by atoms with Gasteiger partial charge in [0, 0.05) is 11.1 Å². The van der Waals surface area contributed by atoms with Gasteiger partial charge in [-0.05, 0) is 30.3 Å². The van der Waals surface area contributed by atoms with Crippen molar-refractivity contribution in [1.29, 1.82) is 0 Å². The van der Waals surface area contributed by atoms with E-state index in [2.05, 4.69) is 15.5 Å². The van der Waals surface area contributed by atoms with E-state index in [4.69, 9.17) is 25.6 Å². The van der Waals surface area contributed by atoms with Crippen molar-refractivity contribution in [3.63, 3.8) is 0 Å². The summed E-state index contributed by atoms with van der Waals surface area (Å²) in [5.74, 6) is 1.35. The highest BCUT2D eigenvalue weighted by atomic mass is 35.5. The van der Waals surface area contributed by atoms with Crippen LogP contribution in [0.2, 0.25) is 5.02 Å². The summed E-state index contributed by atoms with van der Waals surface area (Å²) in [5.41, 5.74) is 1.09. The van der Waals surface area contributed by atoms with Gasteiger partial charge in [-0.15, -0.1) is 0 Å². The lowest BCUT2D eigenvalue weighted by Gasteiger charge is -2.09. The van der Waals surface area contributed by atoms with Crippen LogP contribution in [0, 0.1) is 0 Å². The van der Waals surface area contributed by atoms with Crippen molar-refractivity contribution in [3.8, 4) is 22.9 Å². The maximum Gasteiger partial charge on any atom is 0.251 e. The predicted octanol–water partition coefficient (Wildman–Crippen LogP) is 3.34. The van der Waals surface area contributed by atoms with Gasteiger partial charge in [0.1, 0.15) is 0 Å². The molecule has 0 atom stereocenters. The lowest BCUT2D eigenvalue weighted by molar-refractivity contribution is 0.0946. The molecule has 0 radical (unpaired) electrons. The second-order valence-corrected chi connectivity index (χ2v) is 5.65. The molecule has 0 aliphatic rings. The molecule has 0 saturated heterocycles. The number of hydrogen-bond donors (Lipinski definition) is 1. The molecule has 7 nitrogen and oxygen atoms in total. The summed E-state index contributed by atoms with van der Waals surface area (Å²) in [6, 6.07) is 12.1. The zero-order valence-corrected chi connectivity index (χ0v) is 14.9. The van der Waals surface area contributed by atoms with Crippen LogP contribution in [0.4, 0.5) is 0 Å². The van der Waals surface area contributed by atoms with Gasteiger partial charge in [0.25, 0.3) is 5.91 Å². The van der Waals surface area contributed by atoms with Crippen molar-refractivity contribution in [2.45, 2.75) is 6.54 Å². The van der Waals surface area contributed by atoms with Gasteiger partial charge in [-0.3, -0.25) is 4.79 Å². The molecule has 0 spiro atoms. The monoisotopic (exact) mass is 373 g/mol. The SMILES string of the molecule is COc1ccc(C(=O)NCc2nc(-c3ccccc3Cl)no2)cc1OC. The Hall–Kier alpha value is -3.06. The first-order chi connectivity index (χ1) is 12.6. The van der Waals surface area contributed by atoms with E-state index in [0.29, 0.717) is 33.5 Å². The predicted molar refractivity (Wildman–Crippen MR) is 95.5 cm³/mol. The Morgan fingerprint density at radius 1 is 1.15 bits per heavy atom. The van der Waals surface area contributed by atoms with Crippen LogP contribution in [0.1, 0.15) is 16.2 Å². The third-order valence-corrected chi connectivity index (χ3v) is 3.96. The van der Waals surface area contributed by atoms with Crippen LogP contribution in [0.25, 0.3) is 11.4 Å². The van der Waals surface area contributed by atoms with Gasteiger partial charge in [0.2, 0.25) is 11.7 Å². The first-order valence-electron chi connectivity index (χ1n) is 7.70. The highest BCUT2D eigenvalue weighted by Crippen LogP contribution is 2.27. The molecule has 0 unspecified atom stereocenters. The van der Waals surface area contributed by atoms with Crippen molar-refractivity contribution < 1.29 is 18.8 Å². The molecule has 1 aromatic heterocycles. The van der Waals surface area contributed by atoms with Gasteiger partial charge >= 0.3 is 0 Å². The topological polar surface area (TPSA) is 86.5 Å². The molecule has 1 N–H and O–H groups in total. The van der Waals surface area contributed by atoms with E-state index in [1.807, 2.05) is 12.1 Å². The summed E-state index contributed by atoms with van der Waals surface area (Å²) < 4.78 is 15.5. The van der Waals surface area contributed by atoms with Crippen molar-refractivity contribution in [2.24, 2.45) is 0 Å². The summed E-state index contributed by atoms with van der Waals surface area (Å²) in [6.07, 6.45) is 0. The Morgan fingerprint density at radius 3 is 2.65 bits per heavy atom. The average molecular weight is 374 g/mol. The van der Waals surface area contributed by atoms with Crippen molar-refractivity contribution in [1.82, 2.24) is 15.5 Å². The molecular formula is C18H16ClN3O4. The van der Waals surface area contributed by atoms with Gasteiger partial charge < -0.3 is 19.3 Å². The Kier molecular flexibility index (Phi) is 5.38. The largest absolute Gasteiger partial charge is 0.493 e. The Balaban J connectivity index is 1.68. The highest BCUT2D eigenvalue weighted by Gasteiger charge is 2.14. The molecule has 0 saturated carbocycles. The van der Waals surface area contributed by atoms with Gasteiger partial charge in [0.05, 0.1) is 25.8 Å². The number of ether oxygens (including phenoxy) is 2. The van der Waals surface area contributed by atoms with Crippen LogP contribution >= 0.6 is 11.6 Å². The number of methoxy groups -OCH3 is 2. The Morgan fingerprint density at radius 2 is 1.92 bits per heavy atom. The van der Waals surface area contributed by atoms with E-state index < -0.39 is 0 Å². The molecule has 1 heterocycles. The quantitative estimate of drug-likeness (QED) is 0.713. The van der Waals surface area contributed by atoms with Gasteiger partial charge in [-0.1, -0.05) is 28.9 Å². The van der Waals surface area contributed by atoms with E-state index in [1.54, 1.807) is 30.3 Å². The molecule has 8 heteroatoms. The van der Waals surface area contributed by atoms with E-state index in [9.17, 15) is 4.79 Å². The first kappa shape index (κ1) is 17.8. The number of hydrogen-bond acceptors (Lipinski definition) is 6. The third-order valence-electron chi connectivity index (χ3n) is 3.63. The molecular weight excluding hydrogens is 358 g/mol. The summed E-state index contributed by atoms with van der Waals surface area (Å²) in [7, 11) is 3.04. The zero-order valence-electron chi connectivity index (χ0n) is 14.2. The summed E-state index contributed by atoms with van der Waals surface area (Å²) in [4.78, 5) is 16.5. The minimum atomic E-state index is -0.302. The van der Waals surface area contributed by atoms with Gasteiger partial charge in [-0.2, -0.15) is 4.98 Å². The fourth-order valence-electron chi connectivity index (χ4n) is 2.31. The zero-order chi connectivity index (χ0) is 18.5. The number of carbonyl (C=O) groups excluding carboxylic acids is 1. The summed E-state index contributed by atoms with van der Waals surface area (Å²) >= 11 is 6.12. The number of halogens is 1. The second-order valence-electron chi connectivity index (χ2n) is 5.24. The summed E-state index contributed by atoms with van der Waals surface area (Å²) in [6.45, 7) is 0.0879. The normalized spacial score (nSPS) is 10.4. The number of aromatic nitrogens is 2. The number of carbonyl (C=O) groups is 1. The Labute approximate surface area is 154 Å². The molecule has 26 heavy (non-hydrogen) atoms. The number of nitrogens with zero attached hydrogens (tertiary/aromatic N) is 2. The lowest BCUT2D eigenvalue weighted by atomic mass is 10.2. The van der Waals surface area contributed by atoms with Crippen LogP contribution < -0.4 is 14.8 Å². The fourth-order valence-corrected chi connectivity index (χ4v) is 2.53.